The van der Waals surface area contributed by atoms with Gasteiger partial charge < -0.3 is 5.11 Å². The Morgan fingerprint density at radius 3 is 2.67 bits per heavy atom. The molecular weight excluding hydrogens is 256 g/mol. The van der Waals surface area contributed by atoms with Crippen molar-refractivity contribution in [3.8, 4) is 10.0 Å². The van der Waals surface area contributed by atoms with E-state index in [1.165, 1.54) is 28.9 Å². The summed E-state index contributed by atoms with van der Waals surface area (Å²) in [6, 6.07) is 0. The fourth-order valence-electron chi connectivity index (χ4n) is 1.04. The monoisotopic (exact) mass is 260 g/mol. The predicted molar refractivity (Wildman–Crippen MR) is 59.9 cm³/mol. The maximum atomic E-state index is 10.8. The molecule has 0 saturated heterocycles. The second-order valence-electron chi connectivity index (χ2n) is 2.70. The molecular formula is C8H5ClN2O2S2. The summed E-state index contributed by atoms with van der Waals surface area (Å²) in [5, 5.41) is 10.1. The lowest BCUT2D eigenvalue weighted by atomic mass is 10.4. The zero-order chi connectivity index (χ0) is 11.0. The van der Waals surface area contributed by atoms with E-state index in [1.54, 1.807) is 6.92 Å². The Labute approximate surface area is 98.2 Å². The molecule has 0 atom stereocenters. The second-order valence-corrected chi connectivity index (χ2v) is 5.56. The molecule has 0 saturated carbocycles. The van der Waals surface area contributed by atoms with E-state index < -0.39 is 5.97 Å². The number of aromatic carboxylic acids is 1. The molecule has 2 aromatic heterocycles. The third-order valence-electron chi connectivity index (χ3n) is 1.66. The molecule has 0 bridgehead atoms. The van der Waals surface area contributed by atoms with Gasteiger partial charge in [0.05, 0.1) is 6.20 Å². The van der Waals surface area contributed by atoms with Crippen molar-refractivity contribution in [2.75, 3.05) is 0 Å². The molecule has 7 heteroatoms. The summed E-state index contributed by atoms with van der Waals surface area (Å²) >= 11 is 8.33. The van der Waals surface area contributed by atoms with Crippen LogP contribution in [0.25, 0.3) is 10.0 Å². The lowest BCUT2D eigenvalue weighted by Gasteiger charge is -1.85. The Morgan fingerprint density at radius 1 is 1.47 bits per heavy atom. The molecule has 0 aromatic carbocycles. The zero-order valence-corrected chi connectivity index (χ0v) is 9.91. The van der Waals surface area contributed by atoms with Crippen LogP contribution in [0.3, 0.4) is 0 Å². The van der Waals surface area contributed by atoms with Crippen LogP contribution in [0.15, 0.2) is 6.20 Å². The van der Waals surface area contributed by atoms with Gasteiger partial charge in [0.25, 0.3) is 0 Å². The van der Waals surface area contributed by atoms with Crippen molar-refractivity contribution in [3.05, 3.63) is 21.1 Å². The molecule has 78 valence electrons. The van der Waals surface area contributed by atoms with Crippen molar-refractivity contribution in [1.82, 2.24) is 9.97 Å². The topological polar surface area (TPSA) is 63.1 Å². The predicted octanol–water partition coefficient (Wildman–Crippen LogP) is 2.93. The minimum absolute atomic E-state index is 0.0846. The van der Waals surface area contributed by atoms with Crippen molar-refractivity contribution in [1.29, 1.82) is 0 Å². The first-order chi connectivity index (χ1) is 7.08. The maximum absolute atomic E-state index is 10.8. The number of nitrogens with zero attached hydrogens (tertiary/aromatic N) is 2. The van der Waals surface area contributed by atoms with Crippen LogP contribution in [0.2, 0.25) is 4.34 Å². The molecule has 0 spiro atoms. The molecule has 0 radical (unpaired) electrons. The number of aryl methyl sites for hydroxylation is 1. The van der Waals surface area contributed by atoms with Gasteiger partial charge in [-0.15, -0.1) is 11.3 Å². The van der Waals surface area contributed by atoms with Crippen molar-refractivity contribution >= 4 is 40.2 Å². The first kappa shape index (κ1) is 10.5. The molecule has 0 aliphatic rings. The number of carbonyl (C=O) groups is 1. The third kappa shape index (κ3) is 2.01. The fraction of sp³-hybridized carbons (Fsp3) is 0.125. The van der Waals surface area contributed by atoms with Gasteiger partial charge in [-0.1, -0.05) is 22.9 Å². The Balaban J connectivity index is 2.46. The van der Waals surface area contributed by atoms with Crippen LogP contribution < -0.4 is 0 Å². The van der Waals surface area contributed by atoms with E-state index >= 15 is 0 Å². The summed E-state index contributed by atoms with van der Waals surface area (Å²) in [4.78, 5) is 19.5. The number of thiazole rings is 2. The molecule has 0 aliphatic heterocycles. The van der Waals surface area contributed by atoms with Crippen LogP contribution in [-0.4, -0.2) is 21.0 Å². The zero-order valence-electron chi connectivity index (χ0n) is 7.52. The average molecular weight is 261 g/mol. The summed E-state index contributed by atoms with van der Waals surface area (Å²) < 4.78 is 0.565. The number of halogens is 1. The van der Waals surface area contributed by atoms with Crippen LogP contribution in [0, 0.1) is 6.92 Å². The average Bonchev–Trinajstić information content (AvgIpc) is 2.71. The van der Waals surface area contributed by atoms with Crippen molar-refractivity contribution in [2.24, 2.45) is 0 Å². The largest absolute Gasteiger partial charge is 0.476 e. The highest BCUT2D eigenvalue weighted by Gasteiger charge is 2.16. The van der Waals surface area contributed by atoms with Crippen LogP contribution in [0.1, 0.15) is 15.4 Å². The molecule has 0 unspecified atom stereocenters. The summed E-state index contributed by atoms with van der Waals surface area (Å²) in [7, 11) is 0. The first-order valence-electron chi connectivity index (χ1n) is 3.90. The molecule has 0 amide bonds. The second kappa shape index (κ2) is 3.88. The molecule has 4 nitrogen and oxygen atoms in total. The van der Waals surface area contributed by atoms with E-state index in [2.05, 4.69) is 9.97 Å². The number of aromatic nitrogens is 2. The van der Waals surface area contributed by atoms with Gasteiger partial charge in [-0.2, -0.15) is 0 Å². The van der Waals surface area contributed by atoms with Gasteiger partial charge in [0.15, 0.2) is 15.7 Å². The van der Waals surface area contributed by atoms with Gasteiger partial charge in [0, 0.05) is 4.88 Å². The van der Waals surface area contributed by atoms with E-state index in [0.29, 0.717) is 19.2 Å². The normalized spacial score (nSPS) is 10.5. The Kier molecular flexibility index (Phi) is 2.72. The molecule has 2 rings (SSSR count). The SMILES string of the molecule is Cc1sc(-c2ncc(Cl)s2)nc1C(=O)O. The van der Waals surface area contributed by atoms with Gasteiger partial charge >= 0.3 is 5.97 Å². The Hall–Kier alpha value is -0.980. The van der Waals surface area contributed by atoms with Crippen LogP contribution in [0.5, 0.6) is 0 Å². The summed E-state index contributed by atoms with van der Waals surface area (Å²) in [6.07, 6.45) is 1.53. The van der Waals surface area contributed by atoms with Gasteiger partial charge in [0.1, 0.15) is 4.34 Å². The minimum atomic E-state index is -1.02. The number of hydrogen-bond acceptors (Lipinski definition) is 5. The molecule has 2 aromatic rings. The minimum Gasteiger partial charge on any atom is -0.476 e. The van der Waals surface area contributed by atoms with E-state index in [9.17, 15) is 4.79 Å². The third-order valence-corrected chi connectivity index (χ3v) is 3.89. The number of rotatable bonds is 2. The standard InChI is InChI=1S/C8H5ClN2O2S2/c1-3-5(8(12)13)11-7(14-3)6-10-2-4(9)15-6/h2H,1H3,(H,12,13). The lowest BCUT2D eigenvalue weighted by molar-refractivity contribution is 0.0690. The molecule has 1 N–H and O–H groups in total. The Morgan fingerprint density at radius 2 is 2.20 bits per heavy atom. The molecule has 0 aliphatic carbocycles. The highest BCUT2D eigenvalue weighted by molar-refractivity contribution is 7.23. The maximum Gasteiger partial charge on any atom is 0.355 e. The quantitative estimate of drug-likeness (QED) is 0.902. The van der Waals surface area contributed by atoms with Gasteiger partial charge in [-0.25, -0.2) is 14.8 Å². The smallest absolute Gasteiger partial charge is 0.355 e. The summed E-state index contributed by atoms with van der Waals surface area (Å²) in [6.45, 7) is 1.72. The van der Waals surface area contributed by atoms with Crippen LogP contribution >= 0.6 is 34.3 Å². The summed E-state index contributed by atoms with van der Waals surface area (Å²) in [5.41, 5.74) is 0.0846. The van der Waals surface area contributed by atoms with Crippen LogP contribution in [-0.2, 0) is 0 Å². The first-order valence-corrected chi connectivity index (χ1v) is 5.91. The van der Waals surface area contributed by atoms with Gasteiger partial charge in [0.2, 0.25) is 0 Å². The lowest BCUT2D eigenvalue weighted by Crippen LogP contribution is -1.98. The fourth-order valence-corrected chi connectivity index (χ4v) is 2.88. The highest BCUT2D eigenvalue weighted by atomic mass is 35.5. The van der Waals surface area contributed by atoms with Gasteiger partial charge in [-0.3, -0.25) is 0 Å². The van der Waals surface area contributed by atoms with Crippen LogP contribution in [0.4, 0.5) is 0 Å². The van der Waals surface area contributed by atoms with E-state index in [1.807, 2.05) is 0 Å². The summed E-state index contributed by atoms with van der Waals surface area (Å²) in [5.74, 6) is -1.02. The number of hydrogen-bond donors (Lipinski definition) is 1. The molecule has 2 heterocycles. The van der Waals surface area contributed by atoms with Crippen molar-refractivity contribution in [2.45, 2.75) is 6.92 Å². The van der Waals surface area contributed by atoms with E-state index in [4.69, 9.17) is 16.7 Å². The number of carboxylic acid groups (broad SMARTS) is 1. The van der Waals surface area contributed by atoms with Gasteiger partial charge in [-0.05, 0) is 6.92 Å². The van der Waals surface area contributed by atoms with E-state index in [-0.39, 0.29) is 5.69 Å². The number of carboxylic acids is 1. The van der Waals surface area contributed by atoms with Crippen molar-refractivity contribution in [3.63, 3.8) is 0 Å². The van der Waals surface area contributed by atoms with Crippen molar-refractivity contribution < 1.29 is 9.90 Å². The molecule has 15 heavy (non-hydrogen) atoms. The molecule has 0 fully saturated rings. The highest BCUT2D eigenvalue weighted by Crippen LogP contribution is 2.32. The van der Waals surface area contributed by atoms with E-state index in [0.717, 1.165) is 0 Å². The Bertz CT molecular complexity index is 520.